The predicted octanol–water partition coefficient (Wildman–Crippen LogP) is 3.04. The summed E-state index contributed by atoms with van der Waals surface area (Å²) in [7, 11) is 0. The number of phenols is 1. The summed E-state index contributed by atoms with van der Waals surface area (Å²) in [5.41, 5.74) is 12.7. The Kier molecular flexibility index (Phi) is 6.44. The zero-order valence-corrected chi connectivity index (χ0v) is 16.6. The number of phenolic OH excluding ortho intramolecular Hbond substituents is 1. The molecule has 3 rings (SSSR count). The summed E-state index contributed by atoms with van der Waals surface area (Å²) >= 11 is 0. The van der Waals surface area contributed by atoms with E-state index in [1.807, 2.05) is 6.07 Å². The Morgan fingerprint density at radius 3 is 2.64 bits per heavy atom. The Morgan fingerprint density at radius 1 is 1.21 bits per heavy atom. The van der Waals surface area contributed by atoms with E-state index in [4.69, 9.17) is 0 Å². The number of carbonyl (C=O) groups is 1. The second kappa shape index (κ2) is 8.99. The summed E-state index contributed by atoms with van der Waals surface area (Å²) in [6.07, 6.45) is 1.72. The number of nitrogens with one attached hydrogen (secondary N) is 3. The third-order valence-corrected chi connectivity index (χ3v) is 4.84. The lowest BCUT2D eigenvalue weighted by Gasteiger charge is -2.11. The van der Waals surface area contributed by atoms with E-state index in [0.717, 1.165) is 17.5 Å². The minimum absolute atomic E-state index is 0.0833. The lowest BCUT2D eigenvalue weighted by Crippen LogP contribution is -2.41. The standard InChI is InChI=1S/C22H28N4O2/c1-14(2)11-16-7-9-17(10-8-16)20-13-21(25-24-20)22(28)26-23-15(3)18-5-4-6-19(27)12-18/h4-10,12,14,20-21,24-25,27H,11,13H2,1-3H3,(H,26,28)/b23-15+. The number of hydrogen-bond donors (Lipinski definition) is 4. The molecule has 1 aliphatic heterocycles. The number of carbonyl (C=O) groups excluding carboxylic acids is 1. The van der Waals surface area contributed by atoms with Gasteiger partial charge < -0.3 is 5.11 Å². The largest absolute Gasteiger partial charge is 0.508 e. The zero-order chi connectivity index (χ0) is 20.1. The van der Waals surface area contributed by atoms with Crippen molar-refractivity contribution in [3.05, 3.63) is 65.2 Å². The van der Waals surface area contributed by atoms with Crippen molar-refractivity contribution in [2.45, 2.75) is 45.7 Å². The molecule has 1 heterocycles. The van der Waals surface area contributed by atoms with Crippen molar-refractivity contribution >= 4 is 11.6 Å². The maximum absolute atomic E-state index is 12.4. The topological polar surface area (TPSA) is 85.8 Å². The van der Waals surface area contributed by atoms with Gasteiger partial charge in [0.05, 0.1) is 5.71 Å². The molecule has 2 aromatic carbocycles. The predicted molar refractivity (Wildman–Crippen MR) is 111 cm³/mol. The van der Waals surface area contributed by atoms with Crippen molar-refractivity contribution < 1.29 is 9.90 Å². The van der Waals surface area contributed by atoms with Gasteiger partial charge in [-0.2, -0.15) is 5.10 Å². The molecule has 6 nitrogen and oxygen atoms in total. The second-order valence-electron chi connectivity index (χ2n) is 7.69. The molecule has 2 atom stereocenters. The number of aromatic hydroxyl groups is 1. The van der Waals surface area contributed by atoms with Crippen molar-refractivity contribution in [1.82, 2.24) is 16.3 Å². The minimum atomic E-state index is -0.360. The fourth-order valence-electron chi connectivity index (χ4n) is 3.32. The van der Waals surface area contributed by atoms with Gasteiger partial charge in [0.15, 0.2) is 0 Å². The van der Waals surface area contributed by atoms with Crippen LogP contribution in [0, 0.1) is 5.92 Å². The van der Waals surface area contributed by atoms with Gasteiger partial charge in [0, 0.05) is 11.6 Å². The first-order valence-electron chi connectivity index (χ1n) is 9.66. The Balaban J connectivity index is 1.56. The molecule has 0 spiro atoms. The highest BCUT2D eigenvalue weighted by atomic mass is 16.3. The Bertz CT molecular complexity index is 846. The number of hydrogen-bond acceptors (Lipinski definition) is 5. The normalized spacial score (nSPS) is 19.8. The molecule has 6 heteroatoms. The van der Waals surface area contributed by atoms with Crippen LogP contribution in [-0.4, -0.2) is 22.8 Å². The highest BCUT2D eigenvalue weighted by Crippen LogP contribution is 2.23. The molecule has 1 fully saturated rings. The molecule has 2 unspecified atom stereocenters. The molecular formula is C22H28N4O2. The van der Waals surface area contributed by atoms with E-state index in [1.165, 1.54) is 5.56 Å². The summed E-state index contributed by atoms with van der Waals surface area (Å²) in [6, 6.07) is 15.1. The van der Waals surface area contributed by atoms with Crippen LogP contribution in [0.1, 0.15) is 49.9 Å². The van der Waals surface area contributed by atoms with Gasteiger partial charge in [-0.1, -0.05) is 50.2 Å². The van der Waals surface area contributed by atoms with E-state index in [9.17, 15) is 9.90 Å². The minimum Gasteiger partial charge on any atom is -0.508 e. The summed E-state index contributed by atoms with van der Waals surface area (Å²) in [5, 5.41) is 13.7. The lowest BCUT2D eigenvalue weighted by molar-refractivity contribution is -0.122. The van der Waals surface area contributed by atoms with Crippen LogP contribution < -0.4 is 16.3 Å². The number of hydrazine groups is 1. The molecule has 148 valence electrons. The molecule has 1 saturated heterocycles. The van der Waals surface area contributed by atoms with Crippen molar-refractivity contribution in [3.8, 4) is 5.75 Å². The van der Waals surface area contributed by atoms with E-state index in [1.54, 1.807) is 25.1 Å². The van der Waals surface area contributed by atoms with Crippen LogP contribution in [0.5, 0.6) is 5.75 Å². The van der Waals surface area contributed by atoms with Gasteiger partial charge in [-0.05, 0) is 48.9 Å². The summed E-state index contributed by atoms with van der Waals surface area (Å²) in [6.45, 7) is 6.21. The maximum Gasteiger partial charge on any atom is 0.258 e. The van der Waals surface area contributed by atoms with Gasteiger partial charge in [-0.15, -0.1) is 0 Å². The van der Waals surface area contributed by atoms with Gasteiger partial charge in [0.1, 0.15) is 11.8 Å². The summed E-state index contributed by atoms with van der Waals surface area (Å²) in [4.78, 5) is 12.4. The molecule has 0 radical (unpaired) electrons. The zero-order valence-electron chi connectivity index (χ0n) is 16.6. The van der Waals surface area contributed by atoms with Crippen molar-refractivity contribution in [1.29, 1.82) is 0 Å². The molecule has 1 aliphatic rings. The summed E-state index contributed by atoms with van der Waals surface area (Å²) in [5.74, 6) is 0.613. The van der Waals surface area contributed by atoms with Gasteiger partial charge in [-0.3, -0.25) is 4.79 Å². The SMILES string of the molecule is C/C(=N\NC(=O)C1CC(c2ccc(CC(C)C)cc2)NN1)c1cccc(O)c1. The van der Waals surface area contributed by atoms with E-state index >= 15 is 0 Å². The highest BCUT2D eigenvalue weighted by molar-refractivity contribution is 5.99. The molecule has 2 aromatic rings. The van der Waals surface area contributed by atoms with Crippen LogP contribution in [0.3, 0.4) is 0 Å². The molecule has 0 aliphatic carbocycles. The molecule has 1 amide bonds. The van der Waals surface area contributed by atoms with Crippen LogP contribution in [0.25, 0.3) is 0 Å². The number of rotatable bonds is 6. The number of nitrogens with zero attached hydrogens (tertiary/aromatic N) is 1. The van der Waals surface area contributed by atoms with Crippen LogP contribution in [-0.2, 0) is 11.2 Å². The fourth-order valence-corrected chi connectivity index (χ4v) is 3.32. The number of hydrazone groups is 1. The van der Waals surface area contributed by atoms with Crippen molar-refractivity contribution in [2.24, 2.45) is 11.0 Å². The van der Waals surface area contributed by atoms with Gasteiger partial charge in [0.2, 0.25) is 0 Å². The lowest BCUT2D eigenvalue weighted by atomic mass is 9.97. The molecule has 0 aromatic heterocycles. The quantitative estimate of drug-likeness (QED) is 0.458. The smallest absolute Gasteiger partial charge is 0.258 e. The van der Waals surface area contributed by atoms with E-state index in [-0.39, 0.29) is 23.7 Å². The third-order valence-electron chi connectivity index (χ3n) is 4.84. The second-order valence-corrected chi connectivity index (χ2v) is 7.69. The average molecular weight is 380 g/mol. The molecular weight excluding hydrogens is 352 g/mol. The van der Waals surface area contributed by atoms with Crippen LogP contribution >= 0.6 is 0 Å². The Morgan fingerprint density at radius 2 is 1.96 bits per heavy atom. The monoisotopic (exact) mass is 380 g/mol. The van der Waals surface area contributed by atoms with E-state index in [0.29, 0.717) is 18.1 Å². The first kappa shape index (κ1) is 20.0. The van der Waals surface area contributed by atoms with Crippen molar-refractivity contribution in [3.63, 3.8) is 0 Å². The van der Waals surface area contributed by atoms with E-state index in [2.05, 4.69) is 59.5 Å². The Hall–Kier alpha value is -2.70. The number of amides is 1. The first-order valence-corrected chi connectivity index (χ1v) is 9.66. The third kappa shape index (κ3) is 5.18. The fraction of sp³-hybridized carbons (Fsp3) is 0.364. The van der Waals surface area contributed by atoms with Gasteiger partial charge in [-0.25, -0.2) is 16.3 Å². The molecule has 4 N–H and O–H groups in total. The molecule has 0 saturated carbocycles. The van der Waals surface area contributed by atoms with E-state index < -0.39 is 0 Å². The molecule has 28 heavy (non-hydrogen) atoms. The van der Waals surface area contributed by atoms with Crippen molar-refractivity contribution in [2.75, 3.05) is 0 Å². The van der Waals surface area contributed by atoms with Gasteiger partial charge in [0.25, 0.3) is 5.91 Å². The maximum atomic E-state index is 12.4. The van der Waals surface area contributed by atoms with Gasteiger partial charge >= 0.3 is 0 Å². The average Bonchev–Trinajstić information content (AvgIpc) is 3.16. The van der Waals surface area contributed by atoms with Crippen LogP contribution in [0.15, 0.2) is 53.6 Å². The van der Waals surface area contributed by atoms with Crippen LogP contribution in [0.2, 0.25) is 0 Å². The number of benzene rings is 2. The highest BCUT2D eigenvalue weighted by Gasteiger charge is 2.30. The summed E-state index contributed by atoms with van der Waals surface area (Å²) < 4.78 is 0. The molecule has 0 bridgehead atoms. The Labute approximate surface area is 166 Å². The van der Waals surface area contributed by atoms with Crippen LogP contribution in [0.4, 0.5) is 0 Å². The first-order chi connectivity index (χ1) is 13.4.